The van der Waals surface area contributed by atoms with E-state index in [0.717, 1.165) is 12.2 Å². The van der Waals surface area contributed by atoms with Gasteiger partial charge in [0.05, 0.1) is 11.1 Å². The van der Waals surface area contributed by atoms with Gasteiger partial charge in [0.2, 0.25) is 0 Å². The summed E-state index contributed by atoms with van der Waals surface area (Å²) in [5.74, 6) is 0.657. The zero-order valence-electron chi connectivity index (χ0n) is 14.1. The molecular weight excluding hydrogens is 368 g/mol. The van der Waals surface area contributed by atoms with Gasteiger partial charge in [0.1, 0.15) is 18.5 Å². The summed E-state index contributed by atoms with van der Waals surface area (Å²) in [6.45, 7) is 7.67. The summed E-state index contributed by atoms with van der Waals surface area (Å²) in [4.78, 5) is 12.9. The molecule has 0 saturated carbocycles. The van der Waals surface area contributed by atoms with E-state index in [0.29, 0.717) is 28.0 Å². The molecule has 3 nitrogen and oxygen atoms in total. The molecule has 24 heavy (non-hydrogen) atoms. The van der Waals surface area contributed by atoms with Crippen LogP contribution in [0, 0.1) is 0 Å². The molecule has 0 spiro atoms. The Morgan fingerprint density at radius 2 is 1.96 bits per heavy atom. The average Bonchev–Trinajstić information content (AvgIpc) is 3.37. The third-order valence-electron chi connectivity index (χ3n) is 4.03. The van der Waals surface area contributed by atoms with Crippen LogP contribution in [0.2, 0.25) is 0 Å². The van der Waals surface area contributed by atoms with Crippen molar-refractivity contribution in [3.63, 3.8) is 0 Å². The molecule has 0 bridgehead atoms. The Morgan fingerprint density at radius 1 is 1.25 bits per heavy atom. The van der Waals surface area contributed by atoms with Crippen LogP contribution in [-0.4, -0.2) is 25.1 Å². The molecule has 126 valence electrons. The smallest absolute Gasteiger partial charge is 0.194 e. The van der Waals surface area contributed by atoms with Crippen LogP contribution in [0.5, 0.6) is 5.75 Å². The van der Waals surface area contributed by atoms with Gasteiger partial charge in [-0.2, -0.15) is 0 Å². The van der Waals surface area contributed by atoms with E-state index in [1.165, 1.54) is 0 Å². The van der Waals surface area contributed by atoms with Crippen LogP contribution in [-0.2, 0) is 10.2 Å². The lowest BCUT2D eigenvalue weighted by Crippen LogP contribution is -2.13. The molecule has 0 N–H and O–H groups in total. The van der Waals surface area contributed by atoms with Crippen molar-refractivity contribution in [2.45, 2.75) is 32.3 Å². The van der Waals surface area contributed by atoms with E-state index in [1.54, 1.807) is 0 Å². The number of epoxide rings is 1. The van der Waals surface area contributed by atoms with Crippen LogP contribution in [0.1, 0.15) is 42.3 Å². The molecule has 1 fully saturated rings. The number of hydrogen-bond donors (Lipinski definition) is 0. The number of hydrogen-bond acceptors (Lipinski definition) is 3. The van der Waals surface area contributed by atoms with Crippen LogP contribution in [0.15, 0.2) is 46.9 Å². The molecule has 2 aromatic rings. The van der Waals surface area contributed by atoms with Gasteiger partial charge in [0, 0.05) is 11.1 Å². The van der Waals surface area contributed by atoms with E-state index in [9.17, 15) is 4.79 Å². The molecule has 0 aromatic heterocycles. The molecule has 4 heteroatoms. The topological polar surface area (TPSA) is 38.8 Å². The molecule has 1 saturated heterocycles. The minimum Gasteiger partial charge on any atom is -0.490 e. The second kappa shape index (κ2) is 6.69. The molecule has 0 aliphatic carbocycles. The van der Waals surface area contributed by atoms with E-state index < -0.39 is 0 Å². The largest absolute Gasteiger partial charge is 0.490 e. The molecule has 1 aliphatic rings. The standard InChI is InChI=1S/C20H21BrO3/c1-20(2,3)14-7-4-6-13(10-14)19(22)16-8-5-9-17(18(16)21)24-12-15-11-23-15/h4-10,15H,11-12H2,1-3H3. The van der Waals surface area contributed by atoms with E-state index in [1.807, 2.05) is 36.4 Å². The van der Waals surface area contributed by atoms with Gasteiger partial charge in [0.15, 0.2) is 5.78 Å². The van der Waals surface area contributed by atoms with Crippen molar-refractivity contribution < 1.29 is 14.3 Å². The lowest BCUT2D eigenvalue weighted by atomic mass is 9.85. The minimum atomic E-state index is -0.0129. The maximum atomic E-state index is 12.9. The number of rotatable bonds is 5. The Labute approximate surface area is 151 Å². The molecule has 1 aliphatic heterocycles. The van der Waals surface area contributed by atoms with Crippen molar-refractivity contribution >= 4 is 21.7 Å². The number of carbonyl (C=O) groups excluding carboxylic acids is 1. The van der Waals surface area contributed by atoms with Gasteiger partial charge in [-0.05, 0) is 45.1 Å². The SMILES string of the molecule is CC(C)(C)c1cccc(C(=O)c2cccc(OCC3CO3)c2Br)c1. The maximum Gasteiger partial charge on any atom is 0.194 e. The van der Waals surface area contributed by atoms with E-state index in [4.69, 9.17) is 9.47 Å². The predicted octanol–water partition coefficient (Wildman–Crippen LogP) is 4.76. The van der Waals surface area contributed by atoms with Crippen molar-refractivity contribution in [1.82, 2.24) is 0 Å². The lowest BCUT2D eigenvalue weighted by Gasteiger charge is -2.19. The number of ether oxygens (including phenoxy) is 2. The third kappa shape index (κ3) is 3.87. The zero-order chi connectivity index (χ0) is 17.3. The number of carbonyl (C=O) groups is 1. The predicted molar refractivity (Wildman–Crippen MR) is 98.0 cm³/mol. The monoisotopic (exact) mass is 388 g/mol. The fourth-order valence-electron chi connectivity index (χ4n) is 2.43. The number of benzene rings is 2. The minimum absolute atomic E-state index is 0.00272. The van der Waals surface area contributed by atoms with Crippen LogP contribution >= 0.6 is 15.9 Å². The Morgan fingerprint density at radius 3 is 2.62 bits per heavy atom. The van der Waals surface area contributed by atoms with Gasteiger partial charge < -0.3 is 9.47 Å². The Kier molecular flexibility index (Phi) is 4.79. The first-order chi connectivity index (χ1) is 11.4. The first-order valence-electron chi connectivity index (χ1n) is 8.04. The second-order valence-electron chi connectivity index (χ2n) is 7.04. The molecule has 1 unspecified atom stereocenters. The first-order valence-corrected chi connectivity index (χ1v) is 8.84. The fraction of sp³-hybridized carbons (Fsp3) is 0.350. The van der Waals surface area contributed by atoms with E-state index in [-0.39, 0.29) is 17.3 Å². The Bertz CT molecular complexity index is 758. The molecule has 1 heterocycles. The molecule has 1 atom stereocenters. The normalized spacial score (nSPS) is 16.8. The van der Waals surface area contributed by atoms with Gasteiger partial charge in [0.25, 0.3) is 0 Å². The third-order valence-corrected chi connectivity index (χ3v) is 4.84. The highest BCUT2D eigenvalue weighted by molar-refractivity contribution is 9.10. The Hall–Kier alpha value is -1.65. The van der Waals surface area contributed by atoms with Crippen molar-refractivity contribution in [3.8, 4) is 5.75 Å². The summed E-state index contributed by atoms with van der Waals surface area (Å²) in [5, 5.41) is 0. The Balaban J connectivity index is 1.88. The van der Waals surface area contributed by atoms with E-state index in [2.05, 4.69) is 42.8 Å². The van der Waals surface area contributed by atoms with Crippen LogP contribution < -0.4 is 4.74 Å². The van der Waals surface area contributed by atoms with Gasteiger partial charge in [-0.3, -0.25) is 4.79 Å². The molecule has 0 radical (unpaired) electrons. The van der Waals surface area contributed by atoms with Gasteiger partial charge >= 0.3 is 0 Å². The molecule has 2 aromatic carbocycles. The van der Waals surface area contributed by atoms with Crippen LogP contribution in [0.3, 0.4) is 0 Å². The summed E-state index contributed by atoms with van der Waals surface area (Å²) in [5.41, 5.74) is 2.44. The summed E-state index contributed by atoms with van der Waals surface area (Å²) in [6.07, 6.45) is 0.180. The van der Waals surface area contributed by atoms with Crippen LogP contribution in [0.25, 0.3) is 0 Å². The quantitative estimate of drug-likeness (QED) is 0.547. The number of ketones is 1. The molecule has 0 amide bonds. The van der Waals surface area contributed by atoms with Crippen LogP contribution in [0.4, 0.5) is 0 Å². The van der Waals surface area contributed by atoms with Gasteiger partial charge in [-0.25, -0.2) is 0 Å². The zero-order valence-corrected chi connectivity index (χ0v) is 15.7. The first kappa shape index (κ1) is 17.2. The summed E-state index contributed by atoms with van der Waals surface area (Å²) in [6, 6.07) is 13.3. The molecule has 3 rings (SSSR count). The average molecular weight is 389 g/mol. The summed E-state index contributed by atoms with van der Waals surface area (Å²) < 4.78 is 11.6. The van der Waals surface area contributed by atoms with Crippen molar-refractivity contribution in [1.29, 1.82) is 0 Å². The van der Waals surface area contributed by atoms with Crippen molar-refractivity contribution in [2.24, 2.45) is 0 Å². The number of halogens is 1. The van der Waals surface area contributed by atoms with E-state index >= 15 is 0 Å². The van der Waals surface area contributed by atoms with Crippen molar-refractivity contribution in [2.75, 3.05) is 13.2 Å². The highest BCUT2D eigenvalue weighted by Crippen LogP contribution is 2.32. The van der Waals surface area contributed by atoms with Crippen molar-refractivity contribution in [3.05, 3.63) is 63.6 Å². The highest BCUT2D eigenvalue weighted by atomic mass is 79.9. The van der Waals surface area contributed by atoms with Gasteiger partial charge in [-0.15, -0.1) is 0 Å². The molecular formula is C20H21BrO3. The van der Waals surface area contributed by atoms with Gasteiger partial charge in [-0.1, -0.05) is 45.0 Å². The maximum absolute atomic E-state index is 12.9. The lowest BCUT2D eigenvalue weighted by molar-refractivity contribution is 0.103. The summed E-state index contributed by atoms with van der Waals surface area (Å²) >= 11 is 3.52. The second-order valence-corrected chi connectivity index (χ2v) is 7.84. The highest BCUT2D eigenvalue weighted by Gasteiger charge is 2.24. The summed E-state index contributed by atoms with van der Waals surface area (Å²) in [7, 11) is 0. The fourth-order valence-corrected chi connectivity index (χ4v) is 2.99.